The summed E-state index contributed by atoms with van der Waals surface area (Å²) in [5.41, 5.74) is -0.792. The van der Waals surface area contributed by atoms with E-state index in [1.165, 1.54) is 0 Å². The lowest BCUT2D eigenvalue weighted by atomic mass is 9.71. The van der Waals surface area contributed by atoms with Crippen LogP contribution < -0.4 is 5.32 Å². The molecular formula is C15H29NO3. The van der Waals surface area contributed by atoms with Crippen molar-refractivity contribution >= 4 is 5.97 Å². The average Bonchev–Trinajstić information content (AvgIpc) is 2.21. The smallest absolute Gasteiger partial charge is 0.320 e. The maximum absolute atomic E-state index is 11.5. The van der Waals surface area contributed by atoms with Crippen LogP contribution in [-0.2, 0) is 9.53 Å². The molecule has 1 fully saturated rings. The number of hydrogen-bond donors (Lipinski definition) is 2. The Labute approximate surface area is 116 Å². The van der Waals surface area contributed by atoms with Crippen LogP contribution in [-0.4, -0.2) is 35.4 Å². The van der Waals surface area contributed by atoms with Gasteiger partial charge in [-0.05, 0) is 51.9 Å². The lowest BCUT2D eigenvalue weighted by molar-refractivity contribution is -0.153. The van der Waals surface area contributed by atoms with E-state index < -0.39 is 11.2 Å². The molecule has 0 saturated heterocycles. The van der Waals surface area contributed by atoms with Crippen molar-refractivity contribution in [3.05, 3.63) is 0 Å². The van der Waals surface area contributed by atoms with Crippen molar-refractivity contribution < 1.29 is 14.6 Å². The molecular weight excluding hydrogens is 242 g/mol. The standard InChI is InChI=1S/C15H29NO3/c1-13(2,3)19-12(17)10-16-11-15(18)8-6-14(4,5)7-9-15/h16,18H,6-11H2,1-5H3. The highest BCUT2D eigenvalue weighted by Gasteiger charge is 2.36. The Hall–Kier alpha value is -0.610. The summed E-state index contributed by atoms with van der Waals surface area (Å²) >= 11 is 0. The minimum Gasteiger partial charge on any atom is -0.459 e. The summed E-state index contributed by atoms with van der Waals surface area (Å²) in [6.45, 7) is 10.6. The summed E-state index contributed by atoms with van der Waals surface area (Å²) in [6, 6.07) is 0. The van der Waals surface area contributed by atoms with E-state index in [2.05, 4.69) is 19.2 Å². The number of esters is 1. The van der Waals surface area contributed by atoms with Crippen molar-refractivity contribution in [2.75, 3.05) is 13.1 Å². The highest BCUT2D eigenvalue weighted by molar-refractivity contribution is 5.72. The fourth-order valence-electron chi connectivity index (χ4n) is 2.34. The first-order valence-corrected chi connectivity index (χ1v) is 7.16. The molecule has 1 saturated carbocycles. The highest BCUT2D eigenvalue weighted by Crippen LogP contribution is 2.39. The minimum atomic E-state index is -0.669. The van der Waals surface area contributed by atoms with E-state index >= 15 is 0 Å². The third kappa shape index (κ3) is 6.39. The number of aliphatic hydroxyl groups is 1. The number of carbonyl (C=O) groups excluding carboxylic acids is 1. The van der Waals surface area contributed by atoms with E-state index in [0.29, 0.717) is 12.0 Å². The van der Waals surface area contributed by atoms with Crippen LogP contribution in [0.3, 0.4) is 0 Å². The summed E-state index contributed by atoms with van der Waals surface area (Å²) in [5, 5.41) is 13.5. The van der Waals surface area contributed by atoms with Crippen LogP contribution in [0.4, 0.5) is 0 Å². The van der Waals surface area contributed by atoms with Gasteiger partial charge in [-0.3, -0.25) is 4.79 Å². The summed E-state index contributed by atoms with van der Waals surface area (Å²) in [6.07, 6.45) is 3.64. The molecule has 0 aromatic carbocycles. The molecule has 0 aliphatic heterocycles. The predicted molar refractivity (Wildman–Crippen MR) is 75.9 cm³/mol. The largest absolute Gasteiger partial charge is 0.459 e. The molecule has 0 aromatic rings. The van der Waals surface area contributed by atoms with Gasteiger partial charge in [0.1, 0.15) is 5.60 Å². The van der Waals surface area contributed by atoms with E-state index in [-0.39, 0.29) is 12.5 Å². The maximum Gasteiger partial charge on any atom is 0.320 e. The number of carbonyl (C=O) groups is 1. The van der Waals surface area contributed by atoms with Gasteiger partial charge in [0.25, 0.3) is 0 Å². The van der Waals surface area contributed by atoms with Crippen LogP contribution >= 0.6 is 0 Å². The Morgan fingerprint density at radius 1 is 1.21 bits per heavy atom. The maximum atomic E-state index is 11.5. The Morgan fingerprint density at radius 2 is 1.74 bits per heavy atom. The van der Waals surface area contributed by atoms with Crippen LogP contribution in [0.2, 0.25) is 0 Å². The zero-order valence-corrected chi connectivity index (χ0v) is 13.0. The summed E-state index contributed by atoms with van der Waals surface area (Å²) in [7, 11) is 0. The van der Waals surface area contributed by atoms with Gasteiger partial charge in [0, 0.05) is 6.54 Å². The average molecular weight is 271 g/mol. The molecule has 2 N–H and O–H groups in total. The second-order valence-corrected chi connectivity index (χ2v) is 7.58. The molecule has 1 aliphatic rings. The second kappa shape index (κ2) is 5.80. The lowest BCUT2D eigenvalue weighted by Crippen LogP contribution is -2.46. The SMILES string of the molecule is CC1(C)CCC(O)(CNCC(=O)OC(C)(C)C)CC1. The molecule has 4 heteroatoms. The molecule has 19 heavy (non-hydrogen) atoms. The lowest BCUT2D eigenvalue weighted by Gasteiger charge is -2.40. The van der Waals surface area contributed by atoms with Crippen LogP contribution in [0.15, 0.2) is 0 Å². The second-order valence-electron chi connectivity index (χ2n) is 7.58. The Bertz CT molecular complexity index is 308. The molecule has 0 aromatic heterocycles. The summed E-state index contributed by atoms with van der Waals surface area (Å²) in [4.78, 5) is 11.5. The normalized spacial score (nSPS) is 22.0. The Balaban J connectivity index is 2.28. The molecule has 0 amide bonds. The van der Waals surface area contributed by atoms with Crippen molar-refractivity contribution in [2.24, 2.45) is 5.41 Å². The first kappa shape index (κ1) is 16.4. The molecule has 1 aliphatic carbocycles. The Kier molecular flexibility index (Phi) is 5.02. The van der Waals surface area contributed by atoms with Gasteiger partial charge >= 0.3 is 5.97 Å². The van der Waals surface area contributed by atoms with Crippen molar-refractivity contribution in [1.82, 2.24) is 5.32 Å². The number of nitrogens with one attached hydrogen (secondary N) is 1. The number of rotatable bonds is 4. The molecule has 112 valence electrons. The Morgan fingerprint density at radius 3 is 2.21 bits per heavy atom. The van der Waals surface area contributed by atoms with Gasteiger partial charge in [0.05, 0.1) is 12.1 Å². The molecule has 4 nitrogen and oxygen atoms in total. The van der Waals surface area contributed by atoms with E-state index in [1.807, 2.05) is 20.8 Å². The van der Waals surface area contributed by atoms with Crippen LogP contribution in [0.25, 0.3) is 0 Å². The topological polar surface area (TPSA) is 58.6 Å². The van der Waals surface area contributed by atoms with Crippen molar-refractivity contribution in [2.45, 2.75) is 71.5 Å². The molecule has 0 atom stereocenters. The van der Waals surface area contributed by atoms with Gasteiger partial charge < -0.3 is 15.2 Å². The quantitative estimate of drug-likeness (QED) is 0.770. The molecule has 0 bridgehead atoms. The molecule has 0 radical (unpaired) electrons. The monoisotopic (exact) mass is 271 g/mol. The van der Waals surface area contributed by atoms with Gasteiger partial charge in [-0.1, -0.05) is 13.8 Å². The molecule has 1 rings (SSSR count). The third-order valence-corrected chi connectivity index (χ3v) is 3.68. The predicted octanol–water partition coefficient (Wildman–Crippen LogP) is 2.25. The van der Waals surface area contributed by atoms with Crippen LogP contribution in [0.1, 0.15) is 60.3 Å². The van der Waals surface area contributed by atoms with Crippen molar-refractivity contribution in [1.29, 1.82) is 0 Å². The third-order valence-electron chi connectivity index (χ3n) is 3.68. The first-order chi connectivity index (χ1) is 8.52. The fraction of sp³-hybridized carbons (Fsp3) is 0.933. The van der Waals surface area contributed by atoms with Crippen molar-refractivity contribution in [3.63, 3.8) is 0 Å². The van der Waals surface area contributed by atoms with Gasteiger partial charge in [-0.25, -0.2) is 0 Å². The van der Waals surface area contributed by atoms with Gasteiger partial charge in [0.2, 0.25) is 0 Å². The van der Waals surface area contributed by atoms with Gasteiger partial charge in [-0.2, -0.15) is 0 Å². The van der Waals surface area contributed by atoms with E-state index in [9.17, 15) is 9.90 Å². The van der Waals surface area contributed by atoms with Crippen LogP contribution in [0, 0.1) is 5.41 Å². The molecule has 0 unspecified atom stereocenters. The van der Waals surface area contributed by atoms with E-state index in [1.54, 1.807) is 0 Å². The number of hydrogen-bond acceptors (Lipinski definition) is 4. The van der Waals surface area contributed by atoms with Gasteiger partial charge in [0.15, 0.2) is 0 Å². The zero-order chi connectivity index (χ0) is 14.7. The highest BCUT2D eigenvalue weighted by atomic mass is 16.6. The summed E-state index contributed by atoms with van der Waals surface area (Å²) < 4.78 is 5.21. The molecule has 0 spiro atoms. The van der Waals surface area contributed by atoms with E-state index in [4.69, 9.17) is 4.74 Å². The summed E-state index contributed by atoms with van der Waals surface area (Å²) in [5.74, 6) is -0.271. The van der Waals surface area contributed by atoms with Crippen LogP contribution in [0.5, 0.6) is 0 Å². The zero-order valence-electron chi connectivity index (χ0n) is 13.0. The fourth-order valence-corrected chi connectivity index (χ4v) is 2.34. The van der Waals surface area contributed by atoms with E-state index in [0.717, 1.165) is 25.7 Å². The first-order valence-electron chi connectivity index (χ1n) is 7.16. The molecule has 0 heterocycles. The van der Waals surface area contributed by atoms with Gasteiger partial charge in [-0.15, -0.1) is 0 Å². The number of ether oxygens (including phenoxy) is 1. The van der Waals surface area contributed by atoms with Crippen molar-refractivity contribution in [3.8, 4) is 0 Å². The minimum absolute atomic E-state index is 0.156.